The van der Waals surface area contributed by atoms with E-state index in [1.807, 2.05) is 13.8 Å². The lowest BCUT2D eigenvalue weighted by atomic mass is 9.56. The number of hydrogen-bond donors (Lipinski definition) is 1. The van der Waals surface area contributed by atoms with E-state index in [0.29, 0.717) is 6.42 Å². The summed E-state index contributed by atoms with van der Waals surface area (Å²) in [6, 6.07) is 0. The topological polar surface area (TPSA) is 65.0 Å². The number of carbonyl (C=O) groups is 1. The molecule has 0 aromatic heterocycles. The van der Waals surface area contributed by atoms with Gasteiger partial charge >= 0.3 is 5.97 Å². The van der Waals surface area contributed by atoms with Crippen molar-refractivity contribution in [1.29, 1.82) is 0 Å². The Hall–Kier alpha value is -0.650. The second kappa shape index (κ2) is 3.76. The van der Waals surface area contributed by atoms with Gasteiger partial charge in [0.1, 0.15) is 5.60 Å². The van der Waals surface area contributed by atoms with Crippen LogP contribution in [0.25, 0.3) is 0 Å². The van der Waals surface area contributed by atoms with E-state index in [-0.39, 0.29) is 35.7 Å². The van der Waals surface area contributed by atoms with Gasteiger partial charge in [0.15, 0.2) is 5.79 Å². The highest BCUT2D eigenvalue weighted by Gasteiger charge is 2.73. The molecule has 5 heteroatoms. The van der Waals surface area contributed by atoms with Gasteiger partial charge in [-0.2, -0.15) is 0 Å². The monoisotopic (exact) mass is 282 g/mol. The second-order valence-electron chi connectivity index (χ2n) is 7.18. The zero-order valence-electron chi connectivity index (χ0n) is 12.2. The van der Waals surface area contributed by atoms with Gasteiger partial charge in [-0.3, -0.25) is 4.79 Å². The van der Waals surface area contributed by atoms with E-state index in [2.05, 4.69) is 6.92 Å². The third-order valence-corrected chi connectivity index (χ3v) is 6.12. The number of hydrogen-bond acceptors (Lipinski definition) is 5. The maximum Gasteiger partial charge on any atom is 0.311 e. The molecule has 112 valence electrons. The van der Waals surface area contributed by atoms with Crippen molar-refractivity contribution < 1.29 is 24.1 Å². The SMILES string of the molecule is C[C@@H]1[C@@H](O)C[C@H]2[C@H](C)C(=O)O[C@@H]3O[C@@]4(C)CC[C@@H]1[C@]32O4. The summed E-state index contributed by atoms with van der Waals surface area (Å²) in [5.41, 5.74) is -0.557. The zero-order chi connectivity index (χ0) is 14.3. The summed E-state index contributed by atoms with van der Waals surface area (Å²) >= 11 is 0. The third kappa shape index (κ3) is 1.36. The first-order valence-corrected chi connectivity index (χ1v) is 7.64. The van der Waals surface area contributed by atoms with Crippen LogP contribution >= 0.6 is 0 Å². The largest absolute Gasteiger partial charge is 0.432 e. The van der Waals surface area contributed by atoms with E-state index >= 15 is 0 Å². The molecule has 20 heavy (non-hydrogen) atoms. The summed E-state index contributed by atoms with van der Waals surface area (Å²) in [7, 11) is 0. The first-order valence-electron chi connectivity index (χ1n) is 7.64. The van der Waals surface area contributed by atoms with Gasteiger partial charge in [-0.25, -0.2) is 0 Å². The van der Waals surface area contributed by atoms with Crippen molar-refractivity contribution in [3.63, 3.8) is 0 Å². The van der Waals surface area contributed by atoms with Crippen LogP contribution in [0.1, 0.15) is 40.0 Å². The fourth-order valence-corrected chi connectivity index (χ4v) is 4.98. The molecule has 0 unspecified atom stereocenters. The summed E-state index contributed by atoms with van der Waals surface area (Å²) in [6.07, 6.45) is 1.34. The van der Waals surface area contributed by atoms with Crippen LogP contribution in [-0.4, -0.2) is 34.9 Å². The molecule has 3 heterocycles. The summed E-state index contributed by atoms with van der Waals surface area (Å²) in [5, 5.41) is 10.4. The van der Waals surface area contributed by atoms with Crippen LogP contribution in [0.5, 0.6) is 0 Å². The Kier molecular flexibility index (Phi) is 2.45. The van der Waals surface area contributed by atoms with Gasteiger partial charge in [-0.05, 0) is 31.6 Å². The highest BCUT2D eigenvalue weighted by atomic mass is 16.8. The Morgan fingerprint density at radius 1 is 1.30 bits per heavy atom. The van der Waals surface area contributed by atoms with E-state index in [1.165, 1.54) is 0 Å². The first kappa shape index (κ1) is 13.0. The average molecular weight is 282 g/mol. The van der Waals surface area contributed by atoms with Gasteiger partial charge < -0.3 is 19.3 Å². The standard InChI is InChI=1S/C15H22O5/c1-7-9-4-5-14(3)19-13-15(9,20-14)10(6-11(7)16)8(2)12(17)18-13/h7-11,13,16H,4-6H2,1-3H3/t7-,8-,9-,10-,11-,13+,14+,15+/m0/s1. The van der Waals surface area contributed by atoms with Crippen molar-refractivity contribution in [3.8, 4) is 0 Å². The van der Waals surface area contributed by atoms with E-state index in [1.54, 1.807) is 0 Å². The number of aliphatic hydroxyl groups excluding tert-OH is 1. The molecule has 4 rings (SSSR count). The summed E-state index contributed by atoms with van der Waals surface area (Å²) < 4.78 is 17.9. The Morgan fingerprint density at radius 3 is 2.80 bits per heavy atom. The van der Waals surface area contributed by atoms with Crippen LogP contribution in [0, 0.1) is 23.7 Å². The highest BCUT2D eigenvalue weighted by Crippen LogP contribution is 2.62. The Morgan fingerprint density at radius 2 is 2.05 bits per heavy atom. The number of rotatable bonds is 0. The van der Waals surface area contributed by atoms with Crippen LogP contribution < -0.4 is 0 Å². The molecule has 1 saturated carbocycles. The lowest BCUT2D eigenvalue weighted by molar-refractivity contribution is -0.275. The number of aliphatic hydroxyl groups is 1. The minimum Gasteiger partial charge on any atom is -0.432 e. The molecule has 0 aromatic carbocycles. The van der Waals surface area contributed by atoms with Crippen LogP contribution in [0.4, 0.5) is 0 Å². The Bertz CT molecular complexity index is 465. The van der Waals surface area contributed by atoms with Gasteiger partial charge in [0.05, 0.1) is 12.0 Å². The molecular formula is C15H22O5. The number of esters is 1. The van der Waals surface area contributed by atoms with Gasteiger partial charge in [0.2, 0.25) is 6.29 Å². The molecule has 3 saturated heterocycles. The Labute approximate surface area is 118 Å². The molecule has 2 bridgehead atoms. The van der Waals surface area contributed by atoms with Gasteiger partial charge in [-0.15, -0.1) is 0 Å². The lowest BCUT2D eigenvalue weighted by Gasteiger charge is -2.57. The highest BCUT2D eigenvalue weighted by molar-refractivity contribution is 5.74. The minimum atomic E-state index is -0.647. The number of carbonyl (C=O) groups excluding carboxylic acids is 1. The van der Waals surface area contributed by atoms with Crippen molar-refractivity contribution >= 4 is 5.97 Å². The van der Waals surface area contributed by atoms with Gasteiger partial charge in [0.25, 0.3) is 0 Å². The third-order valence-electron chi connectivity index (χ3n) is 6.12. The average Bonchev–Trinajstić information content (AvgIpc) is 2.61. The zero-order valence-corrected chi connectivity index (χ0v) is 12.2. The Balaban J connectivity index is 1.84. The predicted molar refractivity (Wildman–Crippen MR) is 68.4 cm³/mol. The van der Waals surface area contributed by atoms with Crippen molar-refractivity contribution in [1.82, 2.24) is 0 Å². The molecule has 0 radical (unpaired) electrons. The molecule has 8 atom stereocenters. The molecule has 4 fully saturated rings. The molecule has 5 nitrogen and oxygen atoms in total. The van der Waals surface area contributed by atoms with E-state index in [0.717, 1.165) is 12.8 Å². The molecule has 3 aliphatic heterocycles. The van der Waals surface area contributed by atoms with Crippen molar-refractivity contribution in [2.75, 3.05) is 0 Å². The minimum absolute atomic E-state index is 0.0212. The van der Waals surface area contributed by atoms with Crippen LogP contribution in [0.3, 0.4) is 0 Å². The van der Waals surface area contributed by atoms with Crippen molar-refractivity contribution in [2.45, 2.75) is 63.8 Å². The predicted octanol–water partition coefficient (Wildman–Crippen LogP) is 1.43. The molecule has 4 aliphatic rings. The fraction of sp³-hybridized carbons (Fsp3) is 0.933. The number of fused-ring (bicyclic) bond motifs is 1. The molecule has 1 spiro atoms. The lowest BCUT2D eigenvalue weighted by Crippen LogP contribution is -2.67. The van der Waals surface area contributed by atoms with E-state index in [4.69, 9.17) is 14.2 Å². The molecule has 1 N–H and O–H groups in total. The van der Waals surface area contributed by atoms with Crippen molar-refractivity contribution in [3.05, 3.63) is 0 Å². The van der Waals surface area contributed by atoms with Crippen LogP contribution in [-0.2, 0) is 19.0 Å². The van der Waals surface area contributed by atoms with Crippen LogP contribution in [0.15, 0.2) is 0 Å². The second-order valence-corrected chi connectivity index (χ2v) is 7.18. The smallest absolute Gasteiger partial charge is 0.311 e. The summed E-state index contributed by atoms with van der Waals surface area (Å²) in [5.74, 6) is -0.819. The normalized spacial score (nSPS) is 60.9. The maximum absolute atomic E-state index is 12.1. The summed E-state index contributed by atoms with van der Waals surface area (Å²) in [6.45, 7) is 5.88. The number of ether oxygens (including phenoxy) is 3. The van der Waals surface area contributed by atoms with Crippen LogP contribution in [0.2, 0.25) is 0 Å². The van der Waals surface area contributed by atoms with Crippen molar-refractivity contribution in [2.24, 2.45) is 23.7 Å². The quantitative estimate of drug-likeness (QED) is 0.681. The van der Waals surface area contributed by atoms with E-state index < -0.39 is 17.7 Å². The van der Waals surface area contributed by atoms with Gasteiger partial charge in [0, 0.05) is 12.3 Å². The molecule has 0 aromatic rings. The van der Waals surface area contributed by atoms with E-state index in [9.17, 15) is 9.90 Å². The molecule has 0 amide bonds. The summed E-state index contributed by atoms with van der Waals surface area (Å²) in [4.78, 5) is 12.1. The maximum atomic E-state index is 12.1. The fourth-order valence-electron chi connectivity index (χ4n) is 4.98. The molecule has 1 aliphatic carbocycles. The van der Waals surface area contributed by atoms with Gasteiger partial charge in [-0.1, -0.05) is 13.8 Å². The molecular weight excluding hydrogens is 260 g/mol. The first-order chi connectivity index (χ1) is 9.37.